The minimum atomic E-state index is -0.00297. The standard InChI is InChI=1S/C15H29N3O2/c1-3-20-15(19)14-5-4-6-18(13-14)12-11-17-9-7-16(2)8-10-17/h14H,3-13H2,1-2H3/t14-/m0/s1. The lowest BCUT2D eigenvalue weighted by Gasteiger charge is -2.36. The van der Waals surface area contributed by atoms with E-state index in [4.69, 9.17) is 4.74 Å². The van der Waals surface area contributed by atoms with Crippen LogP contribution in [0.25, 0.3) is 0 Å². The van der Waals surface area contributed by atoms with E-state index in [1.54, 1.807) is 0 Å². The third-order valence-corrected chi connectivity index (χ3v) is 4.45. The molecule has 2 saturated heterocycles. The zero-order valence-electron chi connectivity index (χ0n) is 13.0. The summed E-state index contributed by atoms with van der Waals surface area (Å²) in [7, 11) is 2.19. The van der Waals surface area contributed by atoms with E-state index in [1.165, 1.54) is 26.2 Å². The van der Waals surface area contributed by atoms with Gasteiger partial charge in [-0.25, -0.2) is 0 Å². The molecule has 0 saturated carbocycles. The second kappa shape index (κ2) is 7.96. The number of likely N-dealkylation sites (tertiary alicyclic amines) is 1. The van der Waals surface area contributed by atoms with Crippen molar-refractivity contribution >= 4 is 5.97 Å². The maximum atomic E-state index is 11.8. The van der Waals surface area contributed by atoms with Crippen LogP contribution in [-0.4, -0.2) is 86.7 Å². The van der Waals surface area contributed by atoms with Crippen molar-refractivity contribution in [2.75, 3.05) is 66.0 Å². The van der Waals surface area contributed by atoms with E-state index in [0.29, 0.717) is 6.61 Å². The highest BCUT2D eigenvalue weighted by molar-refractivity contribution is 5.72. The smallest absolute Gasteiger partial charge is 0.310 e. The first kappa shape index (κ1) is 15.7. The molecule has 0 spiro atoms. The van der Waals surface area contributed by atoms with Gasteiger partial charge in [-0.1, -0.05) is 0 Å². The normalized spacial score (nSPS) is 26.6. The van der Waals surface area contributed by atoms with Gasteiger partial charge in [0, 0.05) is 45.8 Å². The molecule has 2 rings (SSSR count). The fraction of sp³-hybridized carbons (Fsp3) is 0.933. The largest absolute Gasteiger partial charge is 0.466 e. The monoisotopic (exact) mass is 283 g/mol. The van der Waals surface area contributed by atoms with Gasteiger partial charge in [0.05, 0.1) is 12.5 Å². The molecule has 5 heteroatoms. The number of nitrogens with zero attached hydrogens (tertiary/aromatic N) is 3. The summed E-state index contributed by atoms with van der Waals surface area (Å²) >= 11 is 0. The van der Waals surface area contributed by atoms with Gasteiger partial charge in [0.15, 0.2) is 0 Å². The number of carbonyl (C=O) groups is 1. The van der Waals surface area contributed by atoms with Gasteiger partial charge in [-0.15, -0.1) is 0 Å². The van der Waals surface area contributed by atoms with E-state index in [-0.39, 0.29) is 11.9 Å². The molecule has 0 bridgehead atoms. The second-order valence-corrected chi connectivity index (χ2v) is 6.04. The highest BCUT2D eigenvalue weighted by atomic mass is 16.5. The molecule has 0 N–H and O–H groups in total. The molecular formula is C15H29N3O2. The number of ether oxygens (including phenoxy) is 1. The van der Waals surface area contributed by atoms with Crippen LogP contribution in [0.4, 0.5) is 0 Å². The average molecular weight is 283 g/mol. The van der Waals surface area contributed by atoms with Gasteiger partial charge in [-0.3, -0.25) is 9.69 Å². The quantitative estimate of drug-likeness (QED) is 0.687. The predicted octanol–water partition coefficient (Wildman–Crippen LogP) is 0.509. The van der Waals surface area contributed by atoms with Crippen molar-refractivity contribution in [1.82, 2.24) is 14.7 Å². The molecular weight excluding hydrogens is 254 g/mol. The highest BCUT2D eigenvalue weighted by Crippen LogP contribution is 2.17. The number of piperazine rings is 1. The van der Waals surface area contributed by atoms with Gasteiger partial charge in [0.2, 0.25) is 0 Å². The molecule has 2 aliphatic rings. The fourth-order valence-corrected chi connectivity index (χ4v) is 3.07. The summed E-state index contributed by atoms with van der Waals surface area (Å²) in [4.78, 5) is 19.2. The number of likely N-dealkylation sites (N-methyl/N-ethyl adjacent to an activating group) is 1. The van der Waals surface area contributed by atoms with E-state index in [1.807, 2.05) is 6.92 Å². The lowest BCUT2D eigenvalue weighted by molar-refractivity contribution is -0.149. The summed E-state index contributed by atoms with van der Waals surface area (Å²) < 4.78 is 5.15. The first-order chi connectivity index (χ1) is 9.69. The van der Waals surface area contributed by atoms with Gasteiger partial charge in [-0.05, 0) is 33.4 Å². The average Bonchev–Trinajstić information content (AvgIpc) is 2.47. The van der Waals surface area contributed by atoms with Crippen LogP contribution < -0.4 is 0 Å². The molecule has 2 fully saturated rings. The van der Waals surface area contributed by atoms with Gasteiger partial charge >= 0.3 is 5.97 Å². The summed E-state index contributed by atoms with van der Waals surface area (Å²) in [5, 5.41) is 0. The number of carbonyl (C=O) groups excluding carboxylic acids is 1. The number of esters is 1. The number of hydrogen-bond donors (Lipinski definition) is 0. The topological polar surface area (TPSA) is 36.0 Å². The summed E-state index contributed by atoms with van der Waals surface area (Å²) in [6, 6.07) is 0. The van der Waals surface area contributed by atoms with Crippen molar-refractivity contribution in [2.24, 2.45) is 5.92 Å². The summed E-state index contributed by atoms with van der Waals surface area (Å²) in [5.74, 6) is 0.0907. The lowest BCUT2D eigenvalue weighted by atomic mass is 9.98. The Labute approximate surface area is 122 Å². The first-order valence-corrected chi connectivity index (χ1v) is 7.99. The zero-order chi connectivity index (χ0) is 14.4. The third kappa shape index (κ3) is 4.72. The molecule has 5 nitrogen and oxygen atoms in total. The SMILES string of the molecule is CCOC(=O)[C@H]1CCCN(CCN2CCN(C)CC2)C1. The van der Waals surface area contributed by atoms with Gasteiger partial charge in [0.25, 0.3) is 0 Å². The molecule has 2 aliphatic heterocycles. The number of rotatable bonds is 5. The van der Waals surface area contributed by atoms with Crippen LogP contribution in [0.5, 0.6) is 0 Å². The Bertz CT molecular complexity index is 303. The number of hydrogen-bond acceptors (Lipinski definition) is 5. The first-order valence-electron chi connectivity index (χ1n) is 7.99. The summed E-state index contributed by atoms with van der Waals surface area (Å²) in [6.45, 7) is 11.3. The van der Waals surface area contributed by atoms with E-state index < -0.39 is 0 Å². The zero-order valence-corrected chi connectivity index (χ0v) is 13.0. The Morgan fingerprint density at radius 1 is 1.10 bits per heavy atom. The van der Waals surface area contributed by atoms with Crippen molar-refractivity contribution in [3.63, 3.8) is 0 Å². The molecule has 116 valence electrons. The summed E-state index contributed by atoms with van der Waals surface area (Å²) in [5.41, 5.74) is 0. The second-order valence-electron chi connectivity index (χ2n) is 6.04. The maximum absolute atomic E-state index is 11.8. The molecule has 0 amide bonds. The van der Waals surface area contributed by atoms with Crippen LogP contribution in [0.2, 0.25) is 0 Å². The van der Waals surface area contributed by atoms with Crippen LogP contribution in [0, 0.1) is 5.92 Å². The van der Waals surface area contributed by atoms with Crippen LogP contribution >= 0.6 is 0 Å². The van der Waals surface area contributed by atoms with Crippen molar-refractivity contribution < 1.29 is 9.53 Å². The van der Waals surface area contributed by atoms with E-state index in [9.17, 15) is 4.79 Å². The molecule has 0 radical (unpaired) electrons. The van der Waals surface area contributed by atoms with Crippen molar-refractivity contribution in [2.45, 2.75) is 19.8 Å². The van der Waals surface area contributed by atoms with Crippen molar-refractivity contribution in [1.29, 1.82) is 0 Å². The van der Waals surface area contributed by atoms with Gasteiger partial charge in [0.1, 0.15) is 0 Å². The molecule has 0 aromatic carbocycles. The fourth-order valence-electron chi connectivity index (χ4n) is 3.07. The Morgan fingerprint density at radius 2 is 1.80 bits per heavy atom. The van der Waals surface area contributed by atoms with E-state index in [0.717, 1.165) is 39.0 Å². The molecule has 0 aliphatic carbocycles. The Morgan fingerprint density at radius 3 is 2.50 bits per heavy atom. The van der Waals surface area contributed by atoms with Crippen LogP contribution in [0.1, 0.15) is 19.8 Å². The van der Waals surface area contributed by atoms with Gasteiger partial charge < -0.3 is 14.5 Å². The molecule has 1 atom stereocenters. The van der Waals surface area contributed by atoms with E-state index in [2.05, 4.69) is 21.7 Å². The van der Waals surface area contributed by atoms with Crippen LogP contribution in [-0.2, 0) is 9.53 Å². The van der Waals surface area contributed by atoms with Crippen molar-refractivity contribution in [3.05, 3.63) is 0 Å². The molecule has 20 heavy (non-hydrogen) atoms. The summed E-state index contributed by atoms with van der Waals surface area (Å²) in [6.07, 6.45) is 2.11. The predicted molar refractivity (Wildman–Crippen MR) is 79.7 cm³/mol. The minimum absolute atomic E-state index is 0.00297. The van der Waals surface area contributed by atoms with E-state index >= 15 is 0 Å². The molecule has 0 aromatic heterocycles. The maximum Gasteiger partial charge on any atom is 0.310 e. The van der Waals surface area contributed by atoms with Gasteiger partial charge in [-0.2, -0.15) is 0 Å². The minimum Gasteiger partial charge on any atom is -0.466 e. The lowest BCUT2D eigenvalue weighted by Crippen LogP contribution is -2.48. The third-order valence-electron chi connectivity index (χ3n) is 4.45. The molecule has 0 aromatic rings. The van der Waals surface area contributed by atoms with Crippen LogP contribution in [0.15, 0.2) is 0 Å². The molecule has 2 heterocycles. The van der Waals surface area contributed by atoms with Crippen LogP contribution in [0.3, 0.4) is 0 Å². The Hall–Kier alpha value is -0.650. The van der Waals surface area contributed by atoms with Crippen molar-refractivity contribution in [3.8, 4) is 0 Å². The Balaban J connectivity index is 1.69. The molecule has 0 unspecified atom stereocenters. The Kier molecular flexibility index (Phi) is 6.26. The highest BCUT2D eigenvalue weighted by Gasteiger charge is 2.27. The number of piperidine rings is 1.